The topological polar surface area (TPSA) is 52.6 Å². The van der Waals surface area contributed by atoms with E-state index in [1.54, 1.807) is 0 Å². The molecule has 0 bridgehead atoms. The number of ether oxygens (including phenoxy) is 2. The third kappa shape index (κ3) is 2.72. The maximum Gasteiger partial charge on any atom is 0.334 e. The molecule has 0 spiro atoms. The molecule has 0 amide bonds. The molecule has 24 heavy (non-hydrogen) atoms. The molecule has 2 fully saturated rings. The first-order valence-electron chi connectivity index (χ1n) is 8.68. The molecule has 4 nitrogen and oxygen atoms in total. The van der Waals surface area contributed by atoms with Crippen molar-refractivity contribution >= 4 is 11.9 Å². The van der Waals surface area contributed by atoms with Crippen molar-refractivity contribution in [3.8, 4) is 0 Å². The molecule has 3 aliphatic rings. The van der Waals surface area contributed by atoms with E-state index in [2.05, 4.69) is 32.6 Å². The van der Waals surface area contributed by atoms with Gasteiger partial charge in [-0.3, -0.25) is 4.79 Å². The van der Waals surface area contributed by atoms with E-state index in [4.69, 9.17) is 9.47 Å². The van der Waals surface area contributed by atoms with E-state index in [0.29, 0.717) is 18.4 Å². The Morgan fingerprint density at radius 3 is 2.88 bits per heavy atom. The van der Waals surface area contributed by atoms with Crippen LogP contribution in [-0.2, 0) is 19.1 Å². The van der Waals surface area contributed by atoms with Gasteiger partial charge in [0.05, 0.1) is 5.92 Å². The maximum atomic E-state index is 12.2. The van der Waals surface area contributed by atoms with Crippen LogP contribution >= 0.6 is 0 Å². The van der Waals surface area contributed by atoms with Crippen LogP contribution in [0.3, 0.4) is 0 Å². The SMILES string of the molecule is C=C1C(=O)O[C@H]2[C@H]1[C@@H](OC(=O)CC(C)C)C[C@]1(C)C=CC=C(C)[C@H]21. The molecule has 0 aromatic carbocycles. The average molecular weight is 330 g/mol. The van der Waals surface area contributed by atoms with E-state index >= 15 is 0 Å². The van der Waals surface area contributed by atoms with Gasteiger partial charge in [-0.25, -0.2) is 4.79 Å². The summed E-state index contributed by atoms with van der Waals surface area (Å²) in [5, 5.41) is 0. The minimum Gasteiger partial charge on any atom is -0.462 e. The molecule has 0 aromatic rings. The highest BCUT2D eigenvalue weighted by atomic mass is 16.6. The predicted octanol–water partition coefficient (Wildman–Crippen LogP) is 3.58. The summed E-state index contributed by atoms with van der Waals surface area (Å²) < 4.78 is 11.5. The predicted molar refractivity (Wildman–Crippen MR) is 91.0 cm³/mol. The van der Waals surface area contributed by atoms with Crippen molar-refractivity contribution in [1.82, 2.24) is 0 Å². The molecule has 0 N–H and O–H groups in total. The number of allylic oxidation sites excluding steroid dienone is 3. The fraction of sp³-hybridized carbons (Fsp3) is 0.600. The van der Waals surface area contributed by atoms with Gasteiger partial charge < -0.3 is 9.47 Å². The van der Waals surface area contributed by atoms with Crippen LogP contribution in [0.4, 0.5) is 0 Å². The summed E-state index contributed by atoms with van der Waals surface area (Å²) >= 11 is 0. The van der Waals surface area contributed by atoms with Crippen molar-refractivity contribution in [2.24, 2.45) is 23.2 Å². The highest BCUT2D eigenvalue weighted by Crippen LogP contribution is 2.55. The average Bonchev–Trinajstić information content (AvgIpc) is 2.72. The zero-order valence-electron chi connectivity index (χ0n) is 14.9. The third-order valence-corrected chi connectivity index (χ3v) is 5.53. The van der Waals surface area contributed by atoms with Gasteiger partial charge in [-0.15, -0.1) is 0 Å². The number of esters is 2. The lowest BCUT2D eigenvalue weighted by Crippen LogP contribution is -2.52. The van der Waals surface area contributed by atoms with Gasteiger partial charge in [0.2, 0.25) is 0 Å². The number of carbonyl (C=O) groups excluding carboxylic acids is 2. The Bertz CT molecular complexity index is 642. The maximum absolute atomic E-state index is 12.2. The second kappa shape index (κ2) is 5.91. The lowest BCUT2D eigenvalue weighted by Gasteiger charge is -2.49. The first kappa shape index (κ1) is 17.0. The van der Waals surface area contributed by atoms with Crippen LogP contribution in [0, 0.1) is 23.2 Å². The number of fused-ring (bicyclic) bond motifs is 3. The first-order chi connectivity index (χ1) is 11.2. The van der Waals surface area contributed by atoms with Crippen LogP contribution in [-0.4, -0.2) is 24.1 Å². The van der Waals surface area contributed by atoms with Gasteiger partial charge in [0.15, 0.2) is 0 Å². The van der Waals surface area contributed by atoms with Crippen LogP contribution in [0.25, 0.3) is 0 Å². The molecule has 1 aliphatic heterocycles. The van der Waals surface area contributed by atoms with Gasteiger partial charge in [0.1, 0.15) is 12.2 Å². The molecule has 3 rings (SSSR count). The Hall–Kier alpha value is -1.84. The highest BCUT2D eigenvalue weighted by molar-refractivity contribution is 5.91. The number of rotatable bonds is 3. The van der Waals surface area contributed by atoms with Gasteiger partial charge >= 0.3 is 11.9 Å². The van der Waals surface area contributed by atoms with E-state index in [0.717, 1.165) is 0 Å². The quantitative estimate of drug-likeness (QED) is 0.586. The number of hydrogen-bond acceptors (Lipinski definition) is 4. The molecule has 0 unspecified atom stereocenters. The molecular weight excluding hydrogens is 304 g/mol. The fourth-order valence-electron chi connectivity index (χ4n) is 4.52. The van der Waals surface area contributed by atoms with Crippen LogP contribution in [0.15, 0.2) is 36.0 Å². The molecule has 5 atom stereocenters. The van der Waals surface area contributed by atoms with Crippen LogP contribution < -0.4 is 0 Å². The summed E-state index contributed by atoms with van der Waals surface area (Å²) in [6.07, 6.45) is 6.66. The van der Waals surface area contributed by atoms with E-state index in [-0.39, 0.29) is 47.3 Å². The zero-order valence-corrected chi connectivity index (χ0v) is 14.9. The highest BCUT2D eigenvalue weighted by Gasteiger charge is 2.58. The Morgan fingerprint density at radius 1 is 1.50 bits per heavy atom. The molecule has 4 heteroatoms. The molecule has 0 radical (unpaired) electrons. The second-order valence-electron chi connectivity index (χ2n) is 8.00. The van der Waals surface area contributed by atoms with Gasteiger partial charge in [-0.05, 0) is 24.7 Å². The van der Waals surface area contributed by atoms with Crippen LogP contribution in [0.2, 0.25) is 0 Å². The minimum atomic E-state index is -0.364. The third-order valence-electron chi connectivity index (χ3n) is 5.53. The smallest absolute Gasteiger partial charge is 0.334 e. The zero-order chi connectivity index (χ0) is 17.6. The van der Waals surface area contributed by atoms with E-state index in [1.807, 2.05) is 19.9 Å². The van der Waals surface area contributed by atoms with Gasteiger partial charge in [0.25, 0.3) is 0 Å². The molecular formula is C20H26O4. The summed E-state index contributed by atoms with van der Waals surface area (Å²) in [5.74, 6) is -0.474. The molecule has 1 saturated heterocycles. The van der Waals surface area contributed by atoms with Crippen LogP contribution in [0.5, 0.6) is 0 Å². The normalized spacial score (nSPS) is 37.6. The summed E-state index contributed by atoms with van der Waals surface area (Å²) in [5.41, 5.74) is 1.45. The van der Waals surface area contributed by atoms with Crippen molar-refractivity contribution in [2.45, 2.75) is 52.7 Å². The Labute approximate surface area is 143 Å². The van der Waals surface area contributed by atoms with Crippen LogP contribution in [0.1, 0.15) is 40.5 Å². The van der Waals surface area contributed by atoms with E-state index in [9.17, 15) is 9.59 Å². The van der Waals surface area contributed by atoms with Crippen molar-refractivity contribution in [3.63, 3.8) is 0 Å². The van der Waals surface area contributed by atoms with Crippen molar-refractivity contribution in [2.75, 3.05) is 0 Å². The number of carbonyl (C=O) groups is 2. The van der Waals surface area contributed by atoms with Gasteiger partial charge in [0, 0.05) is 17.9 Å². The number of hydrogen-bond donors (Lipinski definition) is 0. The summed E-state index contributed by atoms with van der Waals surface area (Å²) in [7, 11) is 0. The minimum absolute atomic E-state index is 0.107. The summed E-state index contributed by atoms with van der Waals surface area (Å²) in [6.45, 7) is 12.1. The Kier molecular flexibility index (Phi) is 4.18. The lowest BCUT2D eigenvalue weighted by molar-refractivity contribution is -0.163. The lowest BCUT2D eigenvalue weighted by atomic mass is 9.57. The molecule has 130 valence electrons. The van der Waals surface area contributed by atoms with Gasteiger partial charge in [-0.1, -0.05) is 51.2 Å². The summed E-state index contributed by atoms with van der Waals surface area (Å²) in [4.78, 5) is 24.4. The first-order valence-corrected chi connectivity index (χ1v) is 8.68. The van der Waals surface area contributed by atoms with E-state index in [1.165, 1.54) is 5.57 Å². The van der Waals surface area contributed by atoms with E-state index < -0.39 is 0 Å². The monoisotopic (exact) mass is 330 g/mol. The standard InChI is InChI=1S/C20H26O4/c1-11(2)9-15(21)23-14-10-20(5)8-6-7-12(3)17(20)18-16(14)13(4)19(22)24-18/h6-8,11,14,16-18H,4,9-10H2,1-3,5H3/t14-,16+,17+,18-,20-/m0/s1. The molecule has 2 aliphatic carbocycles. The van der Waals surface area contributed by atoms with Gasteiger partial charge in [-0.2, -0.15) is 0 Å². The van der Waals surface area contributed by atoms with Crippen molar-refractivity contribution in [1.29, 1.82) is 0 Å². The fourth-order valence-corrected chi connectivity index (χ4v) is 4.52. The Morgan fingerprint density at radius 2 is 2.21 bits per heavy atom. The van der Waals surface area contributed by atoms with Crippen molar-refractivity contribution in [3.05, 3.63) is 36.0 Å². The van der Waals surface area contributed by atoms with Crippen molar-refractivity contribution < 1.29 is 19.1 Å². The molecule has 0 aromatic heterocycles. The summed E-state index contributed by atoms with van der Waals surface area (Å²) in [6, 6.07) is 0. The second-order valence-corrected chi connectivity index (χ2v) is 8.00. The molecule has 1 heterocycles. The largest absolute Gasteiger partial charge is 0.462 e. The Balaban J connectivity index is 1.92. The molecule has 1 saturated carbocycles.